The fourth-order valence-electron chi connectivity index (χ4n) is 4.37. The van der Waals surface area contributed by atoms with Crippen LogP contribution in [0.15, 0.2) is 109 Å². The van der Waals surface area contributed by atoms with Gasteiger partial charge in [-0.25, -0.2) is 4.98 Å². The SMILES string of the molecule is COc1ccc(-c2cc(C(=O)NC(c3ccccc3)c3ccccc3)c3ccccc3n2)c(OC)c1. The zero-order valence-electron chi connectivity index (χ0n) is 20.1. The number of nitrogens with one attached hydrogen (secondary N) is 1. The number of ether oxygens (including phenoxy) is 2. The second-order valence-electron chi connectivity index (χ2n) is 8.37. The zero-order chi connectivity index (χ0) is 24.9. The monoisotopic (exact) mass is 474 g/mol. The number of para-hydroxylation sites is 1. The van der Waals surface area contributed by atoms with Gasteiger partial charge in [0.1, 0.15) is 11.5 Å². The van der Waals surface area contributed by atoms with Crippen molar-refractivity contribution < 1.29 is 14.3 Å². The summed E-state index contributed by atoms with van der Waals surface area (Å²) in [6, 6.07) is 34.7. The molecule has 0 aliphatic heterocycles. The van der Waals surface area contributed by atoms with Gasteiger partial charge in [-0.05, 0) is 35.4 Å². The Morgan fingerprint density at radius 3 is 2.03 bits per heavy atom. The van der Waals surface area contributed by atoms with Gasteiger partial charge in [0.2, 0.25) is 0 Å². The van der Waals surface area contributed by atoms with Crippen LogP contribution in [-0.2, 0) is 0 Å². The summed E-state index contributed by atoms with van der Waals surface area (Å²) < 4.78 is 11.0. The lowest BCUT2D eigenvalue weighted by Crippen LogP contribution is -2.29. The molecule has 0 saturated heterocycles. The van der Waals surface area contributed by atoms with Crippen molar-refractivity contribution in [2.75, 3.05) is 14.2 Å². The van der Waals surface area contributed by atoms with E-state index in [1.165, 1.54) is 0 Å². The van der Waals surface area contributed by atoms with Crippen molar-refractivity contribution in [1.29, 1.82) is 0 Å². The lowest BCUT2D eigenvalue weighted by molar-refractivity contribution is 0.0944. The maximum absolute atomic E-state index is 13.9. The third kappa shape index (κ3) is 4.64. The van der Waals surface area contributed by atoms with Crippen molar-refractivity contribution in [2.24, 2.45) is 0 Å². The minimum Gasteiger partial charge on any atom is -0.497 e. The number of rotatable bonds is 7. The van der Waals surface area contributed by atoms with Crippen LogP contribution in [0.3, 0.4) is 0 Å². The van der Waals surface area contributed by atoms with Gasteiger partial charge in [0.25, 0.3) is 5.91 Å². The van der Waals surface area contributed by atoms with E-state index < -0.39 is 0 Å². The van der Waals surface area contributed by atoms with Gasteiger partial charge in [0.05, 0.1) is 37.0 Å². The first-order chi connectivity index (χ1) is 17.7. The largest absolute Gasteiger partial charge is 0.497 e. The molecule has 0 spiro atoms. The molecule has 0 unspecified atom stereocenters. The van der Waals surface area contributed by atoms with Gasteiger partial charge in [0, 0.05) is 17.0 Å². The molecule has 178 valence electrons. The van der Waals surface area contributed by atoms with Gasteiger partial charge in [-0.3, -0.25) is 4.79 Å². The van der Waals surface area contributed by atoms with Crippen LogP contribution in [0, 0.1) is 0 Å². The lowest BCUT2D eigenvalue weighted by atomic mass is 9.97. The third-order valence-electron chi connectivity index (χ3n) is 6.19. The molecule has 5 nitrogen and oxygen atoms in total. The van der Waals surface area contributed by atoms with Crippen LogP contribution in [-0.4, -0.2) is 25.1 Å². The summed E-state index contributed by atoms with van der Waals surface area (Å²) in [6.07, 6.45) is 0. The predicted molar refractivity (Wildman–Crippen MR) is 142 cm³/mol. The topological polar surface area (TPSA) is 60.5 Å². The Hall–Kier alpha value is -4.64. The molecule has 1 amide bonds. The molecule has 1 N–H and O–H groups in total. The van der Waals surface area contributed by atoms with Crippen LogP contribution in [0.25, 0.3) is 22.2 Å². The summed E-state index contributed by atoms with van der Waals surface area (Å²) in [6.45, 7) is 0. The van der Waals surface area contributed by atoms with Gasteiger partial charge in [-0.2, -0.15) is 0 Å². The van der Waals surface area contributed by atoms with Gasteiger partial charge < -0.3 is 14.8 Å². The van der Waals surface area contributed by atoms with Crippen LogP contribution >= 0.6 is 0 Å². The molecule has 0 aliphatic carbocycles. The molecular weight excluding hydrogens is 448 g/mol. The standard InChI is InChI=1S/C31H26N2O3/c1-35-23-17-18-25(29(19-23)36-2)28-20-26(24-15-9-10-16-27(24)32-28)31(34)33-30(21-11-5-3-6-12-21)22-13-7-4-8-14-22/h3-20,30H,1-2H3,(H,33,34). The van der Waals surface area contributed by atoms with Crippen molar-refractivity contribution in [2.45, 2.75) is 6.04 Å². The Bertz CT molecular complexity index is 1460. The maximum atomic E-state index is 13.9. The number of carbonyl (C=O) groups excluding carboxylic acids is 1. The van der Waals surface area contributed by atoms with Crippen LogP contribution < -0.4 is 14.8 Å². The molecule has 5 aromatic rings. The number of nitrogens with zero attached hydrogens (tertiary/aromatic N) is 1. The van der Waals surface area contributed by atoms with Crippen LogP contribution in [0.1, 0.15) is 27.5 Å². The molecule has 0 fully saturated rings. The summed E-state index contributed by atoms with van der Waals surface area (Å²) >= 11 is 0. The quantitative estimate of drug-likeness (QED) is 0.295. The molecule has 0 radical (unpaired) electrons. The number of carbonyl (C=O) groups is 1. The van der Waals surface area contributed by atoms with Gasteiger partial charge in [-0.1, -0.05) is 78.9 Å². The number of methoxy groups -OCH3 is 2. The molecule has 4 aromatic carbocycles. The first-order valence-electron chi connectivity index (χ1n) is 11.7. The average molecular weight is 475 g/mol. The van der Waals surface area contributed by atoms with E-state index in [0.29, 0.717) is 22.8 Å². The molecule has 5 heteroatoms. The van der Waals surface area contributed by atoms with Crippen LogP contribution in [0.2, 0.25) is 0 Å². The summed E-state index contributed by atoms with van der Waals surface area (Å²) in [7, 11) is 3.22. The van der Waals surface area contributed by atoms with Crippen molar-refractivity contribution in [1.82, 2.24) is 10.3 Å². The Balaban J connectivity index is 1.61. The number of pyridine rings is 1. The number of aromatic nitrogens is 1. The van der Waals surface area contributed by atoms with E-state index >= 15 is 0 Å². The van der Waals surface area contributed by atoms with Gasteiger partial charge in [0.15, 0.2) is 0 Å². The third-order valence-corrected chi connectivity index (χ3v) is 6.19. The van der Waals surface area contributed by atoms with Crippen LogP contribution in [0.4, 0.5) is 0 Å². The molecular formula is C31H26N2O3. The van der Waals surface area contributed by atoms with E-state index in [4.69, 9.17) is 14.5 Å². The second kappa shape index (κ2) is 10.3. The predicted octanol–water partition coefficient (Wildman–Crippen LogP) is 6.44. The number of hydrogen-bond acceptors (Lipinski definition) is 4. The summed E-state index contributed by atoms with van der Waals surface area (Å²) in [5.41, 5.74) is 4.72. The zero-order valence-corrected chi connectivity index (χ0v) is 20.1. The van der Waals surface area contributed by atoms with E-state index in [0.717, 1.165) is 27.6 Å². The first kappa shape index (κ1) is 23.1. The highest BCUT2D eigenvalue weighted by Crippen LogP contribution is 2.34. The van der Waals surface area contributed by atoms with E-state index in [1.54, 1.807) is 14.2 Å². The number of benzene rings is 4. The fourth-order valence-corrected chi connectivity index (χ4v) is 4.37. The number of fused-ring (bicyclic) bond motifs is 1. The Morgan fingerprint density at radius 2 is 1.39 bits per heavy atom. The van der Waals surface area contributed by atoms with Gasteiger partial charge >= 0.3 is 0 Å². The Kier molecular flexibility index (Phi) is 6.63. The highest BCUT2D eigenvalue weighted by Gasteiger charge is 2.21. The van der Waals surface area contributed by atoms with Crippen molar-refractivity contribution in [3.63, 3.8) is 0 Å². The average Bonchev–Trinajstić information content (AvgIpc) is 2.95. The molecule has 36 heavy (non-hydrogen) atoms. The molecule has 5 rings (SSSR count). The summed E-state index contributed by atoms with van der Waals surface area (Å²) in [5.74, 6) is 1.12. The second-order valence-corrected chi connectivity index (χ2v) is 8.37. The minimum absolute atomic E-state index is 0.181. The molecule has 0 bridgehead atoms. The van der Waals surface area contributed by atoms with Crippen molar-refractivity contribution in [3.8, 4) is 22.8 Å². The van der Waals surface area contributed by atoms with E-state index in [1.807, 2.05) is 109 Å². The van der Waals surface area contributed by atoms with E-state index in [9.17, 15) is 4.79 Å². The number of amides is 1. The Labute approximate surface area is 210 Å². The molecule has 0 aliphatic rings. The lowest BCUT2D eigenvalue weighted by Gasteiger charge is -2.21. The highest BCUT2D eigenvalue weighted by atomic mass is 16.5. The van der Waals surface area contributed by atoms with Crippen molar-refractivity contribution >= 4 is 16.8 Å². The molecule has 1 aromatic heterocycles. The van der Waals surface area contributed by atoms with Gasteiger partial charge in [-0.15, -0.1) is 0 Å². The first-order valence-corrected chi connectivity index (χ1v) is 11.7. The summed E-state index contributed by atoms with van der Waals surface area (Å²) in [4.78, 5) is 18.7. The van der Waals surface area contributed by atoms with E-state index in [-0.39, 0.29) is 11.9 Å². The minimum atomic E-state index is -0.300. The molecule has 1 heterocycles. The van der Waals surface area contributed by atoms with Crippen LogP contribution in [0.5, 0.6) is 11.5 Å². The number of hydrogen-bond donors (Lipinski definition) is 1. The Morgan fingerprint density at radius 1 is 0.750 bits per heavy atom. The smallest absolute Gasteiger partial charge is 0.252 e. The molecule has 0 atom stereocenters. The normalized spacial score (nSPS) is 10.9. The highest BCUT2D eigenvalue weighted by molar-refractivity contribution is 6.07. The van der Waals surface area contributed by atoms with E-state index in [2.05, 4.69) is 5.32 Å². The fraction of sp³-hybridized carbons (Fsp3) is 0.0968. The summed E-state index contributed by atoms with van der Waals surface area (Å²) in [5, 5.41) is 4.05. The maximum Gasteiger partial charge on any atom is 0.252 e. The molecule has 0 saturated carbocycles. The van der Waals surface area contributed by atoms with Crippen molar-refractivity contribution in [3.05, 3.63) is 126 Å².